The summed E-state index contributed by atoms with van der Waals surface area (Å²) < 4.78 is 0. The van der Waals surface area contributed by atoms with Gasteiger partial charge >= 0.3 is 0 Å². The predicted octanol–water partition coefficient (Wildman–Crippen LogP) is 5.21. The summed E-state index contributed by atoms with van der Waals surface area (Å²) in [6.45, 7) is 4.01. The van der Waals surface area contributed by atoms with E-state index >= 15 is 0 Å². The third kappa shape index (κ3) is 4.12. The van der Waals surface area contributed by atoms with E-state index in [1.807, 2.05) is 32.0 Å². The molecule has 1 amide bonds. The van der Waals surface area contributed by atoms with Gasteiger partial charge in [0.2, 0.25) is 0 Å². The molecular weight excluding hydrogens is 342 g/mol. The lowest BCUT2D eigenvalue weighted by atomic mass is 10.1. The molecule has 2 N–H and O–H groups in total. The summed E-state index contributed by atoms with van der Waals surface area (Å²) in [7, 11) is 0. The van der Waals surface area contributed by atoms with Crippen LogP contribution in [0.4, 0.5) is 22.7 Å². The monoisotopic (exact) mass is 361 g/mol. The number of benzene rings is 3. The minimum Gasteiger partial charge on any atom is -0.355 e. The Bertz CT molecular complexity index is 1020. The molecule has 0 aliphatic carbocycles. The number of nitrogens with one attached hydrogen (secondary N) is 2. The van der Waals surface area contributed by atoms with Gasteiger partial charge in [0, 0.05) is 11.8 Å². The fourth-order valence-electron chi connectivity index (χ4n) is 2.82. The Morgan fingerprint density at radius 2 is 1.56 bits per heavy atom. The number of aryl methyl sites for hydroxylation is 2. The number of anilines is 3. The third-order valence-electron chi connectivity index (χ3n) is 4.17. The zero-order valence-corrected chi connectivity index (χ0v) is 15.0. The second kappa shape index (κ2) is 7.70. The first-order valence-electron chi connectivity index (χ1n) is 8.44. The molecule has 0 unspecified atom stereocenters. The molecule has 0 spiro atoms. The van der Waals surface area contributed by atoms with Gasteiger partial charge in [0.15, 0.2) is 0 Å². The van der Waals surface area contributed by atoms with Gasteiger partial charge < -0.3 is 10.6 Å². The van der Waals surface area contributed by atoms with Gasteiger partial charge in [-0.1, -0.05) is 42.0 Å². The SMILES string of the molecule is Cc1ccc(Nc2ccccc2C(=O)Nc2ccccc2[N+](=O)[O-])c(C)c1. The molecule has 0 saturated heterocycles. The van der Waals surface area contributed by atoms with Crippen molar-refractivity contribution in [1.82, 2.24) is 0 Å². The molecule has 27 heavy (non-hydrogen) atoms. The summed E-state index contributed by atoms with van der Waals surface area (Å²) in [5.41, 5.74) is 4.14. The van der Waals surface area contributed by atoms with Crippen LogP contribution in [0, 0.1) is 24.0 Å². The third-order valence-corrected chi connectivity index (χ3v) is 4.17. The second-order valence-corrected chi connectivity index (χ2v) is 6.22. The molecule has 0 bridgehead atoms. The maximum atomic E-state index is 12.8. The van der Waals surface area contributed by atoms with Crippen LogP contribution in [-0.2, 0) is 0 Å². The van der Waals surface area contributed by atoms with Crippen molar-refractivity contribution in [3.63, 3.8) is 0 Å². The van der Waals surface area contributed by atoms with Crippen molar-refractivity contribution in [3.05, 3.63) is 93.5 Å². The first-order chi connectivity index (χ1) is 13.0. The van der Waals surface area contributed by atoms with Crippen LogP contribution in [-0.4, -0.2) is 10.8 Å². The van der Waals surface area contributed by atoms with Crippen LogP contribution in [0.5, 0.6) is 0 Å². The molecule has 0 fully saturated rings. The molecule has 6 nitrogen and oxygen atoms in total. The highest BCUT2D eigenvalue weighted by Crippen LogP contribution is 2.27. The Morgan fingerprint density at radius 3 is 2.26 bits per heavy atom. The van der Waals surface area contributed by atoms with Crippen LogP contribution in [0.25, 0.3) is 0 Å². The number of nitro groups is 1. The molecule has 0 aromatic heterocycles. The average Bonchev–Trinajstić information content (AvgIpc) is 2.64. The lowest BCUT2D eigenvalue weighted by Gasteiger charge is -2.14. The van der Waals surface area contributed by atoms with Crippen LogP contribution in [0.3, 0.4) is 0 Å². The minimum atomic E-state index is -0.518. The van der Waals surface area contributed by atoms with Crippen LogP contribution >= 0.6 is 0 Å². The van der Waals surface area contributed by atoms with Crippen molar-refractivity contribution in [3.8, 4) is 0 Å². The molecule has 3 rings (SSSR count). The van der Waals surface area contributed by atoms with E-state index in [4.69, 9.17) is 0 Å². The van der Waals surface area contributed by atoms with E-state index < -0.39 is 10.8 Å². The fourth-order valence-corrected chi connectivity index (χ4v) is 2.82. The van der Waals surface area contributed by atoms with Crippen molar-refractivity contribution >= 4 is 28.7 Å². The van der Waals surface area contributed by atoms with E-state index in [-0.39, 0.29) is 11.4 Å². The van der Waals surface area contributed by atoms with Gasteiger partial charge in [-0.3, -0.25) is 14.9 Å². The zero-order chi connectivity index (χ0) is 19.4. The van der Waals surface area contributed by atoms with E-state index in [1.54, 1.807) is 30.3 Å². The van der Waals surface area contributed by atoms with E-state index in [9.17, 15) is 14.9 Å². The number of hydrogen-bond acceptors (Lipinski definition) is 4. The lowest BCUT2D eigenvalue weighted by molar-refractivity contribution is -0.383. The van der Waals surface area contributed by atoms with E-state index in [0.717, 1.165) is 16.8 Å². The Hall–Kier alpha value is -3.67. The molecule has 3 aromatic carbocycles. The number of para-hydroxylation sites is 3. The number of hydrogen-bond donors (Lipinski definition) is 2. The first kappa shape index (κ1) is 18.1. The maximum Gasteiger partial charge on any atom is 0.292 e. The largest absolute Gasteiger partial charge is 0.355 e. The highest BCUT2D eigenvalue weighted by atomic mass is 16.6. The number of nitro benzene ring substituents is 1. The minimum absolute atomic E-state index is 0.148. The summed E-state index contributed by atoms with van der Waals surface area (Å²) in [6.07, 6.45) is 0. The highest BCUT2D eigenvalue weighted by Gasteiger charge is 2.17. The van der Waals surface area contributed by atoms with Crippen LogP contribution in [0.1, 0.15) is 21.5 Å². The van der Waals surface area contributed by atoms with Gasteiger partial charge in [0.25, 0.3) is 11.6 Å². The molecule has 6 heteroatoms. The summed E-state index contributed by atoms with van der Waals surface area (Å²) in [5, 5.41) is 17.1. The Balaban J connectivity index is 1.90. The number of rotatable bonds is 5. The van der Waals surface area contributed by atoms with Crippen molar-refractivity contribution in [2.45, 2.75) is 13.8 Å². The molecule has 0 aliphatic heterocycles. The molecule has 0 heterocycles. The fraction of sp³-hybridized carbons (Fsp3) is 0.0952. The van der Waals surface area contributed by atoms with Gasteiger partial charge in [-0.25, -0.2) is 0 Å². The van der Waals surface area contributed by atoms with Gasteiger partial charge in [-0.15, -0.1) is 0 Å². The van der Waals surface area contributed by atoms with E-state index in [2.05, 4.69) is 16.7 Å². The zero-order valence-electron chi connectivity index (χ0n) is 15.0. The molecule has 0 aliphatic rings. The summed E-state index contributed by atoms with van der Waals surface area (Å²) >= 11 is 0. The number of carbonyl (C=O) groups excluding carboxylic acids is 1. The van der Waals surface area contributed by atoms with Crippen molar-refractivity contribution in [2.24, 2.45) is 0 Å². The van der Waals surface area contributed by atoms with Crippen molar-refractivity contribution in [1.29, 1.82) is 0 Å². The Labute approximate surface area is 157 Å². The maximum absolute atomic E-state index is 12.8. The summed E-state index contributed by atoms with van der Waals surface area (Å²) in [5.74, 6) is -0.419. The molecule has 0 atom stereocenters. The van der Waals surface area contributed by atoms with Gasteiger partial charge in [-0.2, -0.15) is 0 Å². The van der Waals surface area contributed by atoms with Crippen molar-refractivity contribution < 1.29 is 9.72 Å². The van der Waals surface area contributed by atoms with E-state index in [1.165, 1.54) is 12.1 Å². The number of nitrogens with zero attached hydrogens (tertiary/aromatic N) is 1. The topological polar surface area (TPSA) is 84.3 Å². The number of carbonyl (C=O) groups is 1. The molecule has 136 valence electrons. The predicted molar refractivity (Wildman–Crippen MR) is 107 cm³/mol. The summed E-state index contributed by atoms with van der Waals surface area (Å²) in [6, 6.07) is 19.1. The normalized spacial score (nSPS) is 10.3. The van der Waals surface area contributed by atoms with Crippen molar-refractivity contribution in [2.75, 3.05) is 10.6 Å². The standard InChI is InChI=1S/C21H19N3O3/c1-14-11-12-17(15(2)13-14)22-18-8-4-3-7-16(18)21(25)23-19-9-5-6-10-20(19)24(26)27/h3-13,22H,1-2H3,(H,23,25). The second-order valence-electron chi connectivity index (χ2n) is 6.22. The Morgan fingerprint density at radius 1 is 0.889 bits per heavy atom. The van der Waals surface area contributed by atoms with Gasteiger partial charge in [0.1, 0.15) is 5.69 Å². The van der Waals surface area contributed by atoms with Crippen LogP contribution in [0.15, 0.2) is 66.7 Å². The number of amides is 1. The van der Waals surface area contributed by atoms with E-state index in [0.29, 0.717) is 11.3 Å². The van der Waals surface area contributed by atoms with Crippen LogP contribution in [0.2, 0.25) is 0 Å². The van der Waals surface area contributed by atoms with Crippen LogP contribution < -0.4 is 10.6 Å². The lowest BCUT2D eigenvalue weighted by Crippen LogP contribution is -2.15. The van der Waals surface area contributed by atoms with Gasteiger partial charge in [0.05, 0.1) is 16.2 Å². The summed E-state index contributed by atoms with van der Waals surface area (Å²) in [4.78, 5) is 23.4. The molecule has 0 saturated carbocycles. The Kier molecular flexibility index (Phi) is 5.17. The highest BCUT2D eigenvalue weighted by molar-refractivity contribution is 6.09. The molecule has 0 radical (unpaired) electrons. The molecule has 3 aromatic rings. The first-order valence-corrected chi connectivity index (χ1v) is 8.44. The average molecular weight is 361 g/mol. The smallest absolute Gasteiger partial charge is 0.292 e. The molecular formula is C21H19N3O3. The van der Waals surface area contributed by atoms with Gasteiger partial charge in [-0.05, 0) is 43.7 Å². The quantitative estimate of drug-likeness (QED) is 0.483.